The molecule has 0 aliphatic heterocycles. The predicted molar refractivity (Wildman–Crippen MR) is 55.0 cm³/mol. The van der Waals surface area contributed by atoms with Crippen LogP contribution < -0.4 is 5.73 Å². The average molecular weight is 206 g/mol. The van der Waals surface area contributed by atoms with Crippen LogP contribution >= 0.6 is 24.8 Å². The number of para-hydroxylation sites is 1. The third kappa shape index (κ3) is 1.62. The van der Waals surface area contributed by atoms with Crippen molar-refractivity contribution >= 4 is 41.5 Å². The Morgan fingerprint density at radius 3 is 2.50 bits per heavy atom. The summed E-state index contributed by atoms with van der Waals surface area (Å²) in [6.45, 7) is 0. The van der Waals surface area contributed by atoms with Crippen LogP contribution in [0.5, 0.6) is 0 Å². The molecule has 1 heterocycles. The second kappa shape index (κ2) is 4.18. The standard InChI is InChI=1S/C7H7N3.2ClH/c8-7-5-3-1-2-4-6(5)9-10-7;;/h1-4H,(H3,8,9,10);2*1H. The summed E-state index contributed by atoms with van der Waals surface area (Å²) in [6.07, 6.45) is 0. The van der Waals surface area contributed by atoms with Gasteiger partial charge in [0.1, 0.15) is 0 Å². The van der Waals surface area contributed by atoms with E-state index in [1.54, 1.807) is 0 Å². The highest BCUT2D eigenvalue weighted by atomic mass is 35.5. The number of hydrogen-bond acceptors (Lipinski definition) is 2. The molecule has 1 aromatic carbocycles. The van der Waals surface area contributed by atoms with Crippen LogP contribution in [0.4, 0.5) is 5.82 Å². The second-order valence-electron chi connectivity index (χ2n) is 2.15. The first-order valence-electron chi connectivity index (χ1n) is 3.06. The number of anilines is 1. The Bertz CT molecular complexity index is 358. The minimum atomic E-state index is 0. The quantitative estimate of drug-likeness (QED) is 0.692. The lowest BCUT2D eigenvalue weighted by Gasteiger charge is -1.84. The molecule has 2 aromatic rings. The summed E-state index contributed by atoms with van der Waals surface area (Å²) >= 11 is 0. The van der Waals surface area contributed by atoms with Crippen LogP contribution in [0.2, 0.25) is 0 Å². The summed E-state index contributed by atoms with van der Waals surface area (Å²) in [5, 5.41) is 7.65. The van der Waals surface area contributed by atoms with Crippen molar-refractivity contribution in [2.75, 3.05) is 5.73 Å². The molecule has 0 saturated carbocycles. The van der Waals surface area contributed by atoms with Gasteiger partial charge in [-0.1, -0.05) is 12.1 Å². The van der Waals surface area contributed by atoms with E-state index >= 15 is 0 Å². The third-order valence-corrected chi connectivity index (χ3v) is 1.50. The molecule has 12 heavy (non-hydrogen) atoms. The third-order valence-electron chi connectivity index (χ3n) is 1.50. The molecule has 0 bridgehead atoms. The van der Waals surface area contributed by atoms with Gasteiger partial charge in [0, 0.05) is 5.39 Å². The Hall–Kier alpha value is -0.930. The largest absolute Gasteiger partial charge is 0.382 e. The zero-order valence-corrected chi connectivity index (χ0v) is 7.78. The van der Waals surface area contributed by atoms with E-state index in [9.17, 15) is 0 Å². The molecular formula is C7H9Cl2N3. The average Bonchev–Trinajstić information content (AvgIpc) is 2.34. The minimum Gasteiger partial charge on any atom is -0.382 e. The van der Waals surface area contributed by atoms with E-state index in [0.717, 1.165) is 10.9 Å². The number of benzene rings is 1. The molecule has 0 atom stereocenters. The molecule has 3 N–H and O–H groups in total. The normalized spacial score (nSPS) is 8.67. The van der Waals surface area contributed by atoms with Crippen molar-refractivity contribution in [3.63, 3.8) is 0 Å². The van der Waals surface area contributed by atoms with E-state index in [0.29, 0.717) is 5.82 Å². The number of nitrogens with two attached hydrogens (primary N) is 1. The highest BCUT2D eigenvalue weighted by Gasteiger charge is 1.97. The fourth-order valence-electron chi connectivity index (χ4n) is 0.985. The van der Waals surface area contributed by atoms with E-state index in [1.807, 2.05) is 24.3 Å². The zero-order chi connectivity index (χ0) is 6.97. The topological polar surface area (TPSA) is 54.7 Å². The number of nitrogen functional groups attached to an aromatic ring is 1. The van der Waals surface area contributed by atoms with Crippen molar-refractivity contribution in [2.24, 2.45) is 0 Å². The highest BCUT2D eigenvalue weighted by molar-refractivity contribution is 5.88. The van der Waals surface area contributed by atoms with Crippen molar-refractivity contribution in [3.8, 4) is 0 Å². The van der Waals surface area contributed by atoms with Gasteiger partial charge in [-0.15, -0.1) is 24.8 Å². The van der Waals surface area contributed by atoms with Gasteiger partial charge in [0.2, 0.25) is 0 Å². The van der Waals surface area contributed by atoms with E-state index in [4.69, 9.17) is 5.73 Å². The lowest BCUT2D eigenvalue weighted by atomic mass is 10.2. The molecule has 0 saturated heterocycles. The molecule has 0 aliphatic carbocycles. The van der Waals surface area contributed by atoms with E-state index in [2.05, 4.69) is 10.2 Å². The van der Waals surface area contributed by atoms with Gasteiger partial charge in [0.25, 0.3) is 0 Å². The predicted octanol–water partition coefficient (Wildman–Crippen LogP) is 1.99. The zero-order valence-electron chi connectivity index (χ0n) is 6.15. The van der Waals surface area contributed by atoms with Crippen LogP contribution in [0.3, 0.4) is 0 Å². The molecule has 3 nitrogen and oxygen atoms in total. The fourth-order valence-corrected chi connectivity index (χ4v) is 0.985. The maximum Gasteiger partial charge on any atom is 0.153 e. The molecule has 5 heteroatoms. The van der Waals surface area contributed by atoms with Gasteiger partial charge in [0.15, 0.2) is 5.82 Å². The lowest BCUT2D eigenvalue weighted by Crippen LogP contribution is -1.82. The molecule has 0 unspecified atom stereocenters. The van der Waals surface area contributed by atoms with Gasteiger partial charge >= 0.3 is 0 Å². The van der Waals surface area contributed by atoms with Crippen LogP contribution in [-0.4, -0.2) is 10.2 Å². The first-order chi connectivity index (χ1) is 4.88. The second-order valence-corrected chi connectivity index (χ2v) is 2.15. The van der Waals surface area contributed by atoms with Gasteiger partial charge in [0.05, 0.1) is 5.52 Å². The number of hydrogen-bond donors (Lipinski definition) is 2. The minimum absolute atomic E-state index is 0. The summed E-state index contributed by atoms with van der Waals surface area (Å²) < 4.78 is 0. The van der Waals surface area contributed by atoms with Crippen molar-refractivity contribution in [1.82, 2.24) is 10.2 Å². The molecule has 0 fully saturated rings. The molecule has 0 radical (unpaired) electrons. The number of aromatic amines is 1. The first kappa shape index (κ1) is 11.1. The molecule has 66 valence electrons. The van der Waals surface area contributed by atoms with Gasteiger partial charge < -0.3 is 5.73 Å². The number of halogens is 2. The van der Waals surface area contributed by atoms with Crippen molar-refractivity contribution in [3.05, 3.63) is 24.3 Å². The fraction of sp³-hybridized carbons (Fsp3) is 0. The van der Waals surface area contributed by atoms with Gasteiger partial charge in [-0.3, -0.25) is 5.10 Å². The van der Waals surface area contributed by atoms with Crippen molar-refractivity contribution < 1.29 is 0 Å². The number of aromatic nitrogens is 2. The lowest BCUT2D eigenvalue weighted by molar-refractivity contribution is 1.13. The summed E-state index contributed by atoms with van der Waals surface area (Å²) in [6, 6.07) is 7.76. The maximum absolute atomic E-state index is 5.53. The van der Waals surface area contributed by atoms with Crippen molar-refractivity contribution in [1.29, 1.82) is 0 Å². The summed E-state index contributed by atoms with van der Waals surface area (Å²) in [5.41, 5.74) is 6.52. The Morgan fingerprint density at radius 1 is 1.17 bits per heavy atom. The SMILES string of the molecule is Cl.Cl.Nc1n[nH]c2ccccc12. The van der Waals surface area contributed by atoms with Crippen LogP contribution in [0.25, 0.3) is 10.9 Å². The molecule has 0 aliphatic rings. The number of nitrogens with one attached hydrogen (secondary N) is 1. The molecule has 0 spiro atoms. The number of rotatable bonds is 0. The van der Waals surface area contributed by atoms with Gasteiger partial charge in [-0.05, 0) is 12.1 Å². The summed E-state index contributed by atoms with van der Waals surface area (Å²) in [5.74, 6) is 0.565. The molecule has 0 amide bonds. The molecule has 1 aromatic heterocycles. The molecular weight excluding hydrogens is 197 g/mol. The van der Waals surface area contributed by atoms with Gasteiger partial charge in [-0.2, -0.15) is 5.10 Å². The Balaban J connectivity index is 0.000000605. The van der Waals surface area contributed by atoms with E-state index in [-0.39, 0.29) is 24.8 Å². The van der Waals surface area contributed by atoms with Crippen LogP contribution in [0.1, 0.15) is 0 Å². The monoisotopic (exact) mass is 205 g/mol. The van der Waals surface area contributed by atoms with Crippen LogP contribution in [-0.2, 0) is 0 Å². The highest BCUT2D eigenvalue weighted by Crippen LogP contribution is 2.15. The maximum atomic E-state index is 5.53. The number of nitrogens with zero attached hydrogens (tertiary/aromatic N) is 1. The number of H-pyrrole nitrogens is 1. The van der Waals surface area contributed by atoms with Gasteiger partial charge in [-0.25, -0.2) is 0 Å². The van der Waals surface area contributed by atoms with Crippen LogP contribution in [0.15, 0.2) is 24.3 Å². The van der Waals surface area contributed by atoms with Crippen LogP contribution in [0, 0.1) is 0 Å². The number of fused-ring (bicyclic) bond motifs is 1. The molecule has 2 rings (SSSR count). The smallest absolute Gasteiger partial charge is 0.153 e. The van der Waals surface area contributed by atoms with Crippen molar-refractivity contribution in [2.45, 2.75) is 0 Å². The van der Waals surface area contributed by atoms with E-state index in [1.165, 1.54) is 0 Å². The Kier molecular flexibility index (Phi) is 3.86. The summed E-state index contributed by atoms with van der Waals surface area (Å²) in [7, 11) is 0. The van der Waals surface area contributed by atoms with E-state index < -0.39 is 0 Å². The Morgan fingerprint density at radius 2 is 1.83 bits per heavy atom. The summed E-state index contributed by atoms with van der Waals surface area (Å²) in [4.78, 5) is 0. The first-order valence-corrected chi connectivity index (χ1v) is 3.06. The Labute approximate surface area is 82.2 Å².